The van der Waals surface area contributed by atoms with Crippen molar-refractivity contribution in [2.24, 2.45) is 5.92 Å². The fraction of sp³-hybridized carbons (Fsp3) is 0.500. The lowest BCUT2D eigenvalue weighted by molar-refractivity contribution is -0.136. The van der Waals surface area contributed by atoms with Crippen LogP contribution in [-0.4, -0.2) is 57.0 Å². The Morgan fingerprint density at radius 1 is 1.31 bits per heavy atom. The van der Waals surface area contributed by atoms with Crippen LogP contribution >= 0.6 is 0 Å². The summed E-state index contributed by atoms with van der Waals surface area (Å²) in [5.74, 6) is 0.586. The molecule has 1 N–H and O–H groups in total. The van der Waals surface area contributed by atoms with Crippen LogP contribution in [0.4, 0.5) is 0 Å². The molecule has 2 aliphatic heterocycles. The molecule has 0 spiro atoms. The van der Waals surface area contributed by atoms with Crippen LogP contribution in [0.15, 0.2) is 29.5 Å². The largest absolute Gasteiger partial charge is 0.381 e. The molecule has 2 unspecified atom stereocenters. The van der Waals surface area contributed by atoms with Crippen molar-refractivity contribution in [2.75, 3.05) is 26.3 Å². The monoisotopic (exact) mass is 355 g/mol. The second kappa shape index (κ2) is 7.33. The first-order valence-corrected chi connectivity index (χ1v) is 8.95. The first-order valence-electron chi connectivity index (χ1n) is 8.95. The molecule has 4 rings (SSSR count). The summed E-state index contributed by atoms with van der Waals surface area (Å²) in [6.07, 6.45) is 7.30. The van der Waals surface area contributed by atoms with Crippen molar-refractivity contribution in [1.82, 2.24) is 24.8 Å². The maximum Gasteiger partial charge on any atom is 0.251 e. The van der Waals surface area contributed by atoms with E-state index in [9.17, 15) is 9.59 Å². The van der Waals surface area contributed by atoms with Crippen LogP contribution in [0.1, 0.15) is 30.9 Å². The molecule has 0 bridgehead atoms. The number of aromatic nitrogens is 4. The maximum absolute atomic E-state index is 12.7. The Bertz CT molecular complexity index is 832. The zero-order chi connectivity index (χ0) is 17.9. The summed E-state index contributed by atoms with van der Waals surface area (Å²) >= 11 is 0. The third-order valence-corrected chi connectivity index (χ3v) is 5.00. The molecule has 0 radical (unpaired) electrons. The van der Waals surface area contributed by atoms with Crippen LogP contribution in [0, 0.1) is 5.92 Å². The molecule has 2 aromatic heterocycles. The molecule has 1 amide bonds. The predicted molar refractivity (Wildman–Crippen MR) is 93.4 cm³/mol. The van der Waals surface area contributed by atoms with Crippen molar-refractivity contribution in [3.8, 4) is 11.5 Å². The molecule has 4 heterocycles. The molecule has 0 saturated carbocycles. The number of hydrogen-bond donors (Lipinski definition) is 1. The van der Waals surface area contributed by atoms with E-state index in [2.05, 4.69) is 19.9 Å². The molecule has 0 aromatic carbocycles. The SMILES string of the molecule is O=C(C1CCOC1)N1CCCC(c2cc(=O)[nH]c(-c3cnccn3)n2)C1. The van der Waals surface area contributed by atoms with Gasteiger partial charge in [-0.3, -0.25) is 14.6 Å². The summed E-state index contributed by atoms with van der Waals surface area (Å²) in [5.41, 5.74) is 1.01. The molecule has 0 aliphatic carbocycles. The standard InChI is InChI=1S/C18H21N5O3/c24-16-8-14(21-17(22-16)15-9-19-4-5-20-15)12-2-1-6-23(10-12)18(25)13-3-7-26-11-13/h4-5,8-9,12-13H,1-3,6-7,10-11H2,(H,21,22,24). The average Bonchev–Trinajstić information content (AvgIpc) is 3.22. The van der Waals surface area contributed by atoms with E-state index >= 15 is 0 Å². The Morgan fingerprint density at radius 2 is 2.23 bits per heavy atom. The van der Waals surface area contributed by atoms with Crippen molar-refractivity contribution in [1.29, 1.82) is 0 Å². The van der Waals surface area contributed by atoms with E-state index < -0.39 is 0 Å². The molecular weight excluding hydrogens is 334 g/mol. The molecule has 8 nitrogen and oxygen atoms in total. The second-order valence-electron chi connectivity index (χ2n) is 6.79. The van der Waals surface area contributed by atoms with Crippen molar-refractivity contribution >= 4 is 5.91 Å². The Balaban J connectivity index is 1.56. The Morgan fingerprint density at radius 3 is 3.00 bits per heavy atom. The van der Waals surface area contributed by atoms with Gasteiger partial charge in [0.25, 0.3) is 5.56 Å². The number of carbonyl (C=O) groups excluding carboxylic acids is 1. The van der Waals surface area contributed by atoms with E-state index in [0.29, 0.717) is 37.0 Å². The minimum absolute atomic E-state index is 0.0314. The number of ether oxygens (including phenoxy) is 1. The lowest BCUT2D eigenvalue weighted by Gasteiger charge is -2.33. The van der Waals surface area contributed by atoms with Crippen LogP contribution in [-0.2, 0) is 9.53 Å². The number of amides is 1. The third kappa shape index (κ3) is 3.50. The summed E-state index contributed by atoms with van der Waals surface area (Å²) < 4.78 is 5.34. The molecule has 26 heavy (non-hydrogen) atoms. The summed E-state index contributed by atoms with van der Waals surface area (Å²) in [7, 11) is 0. The molecule has 2 fully saturated rings. The normalized spacial score (nSPS) is 23.2. The Kier molecular flexibility index (Phi) is 4.75. The molecule has 2 atom stereocenters. The van der Waals surface area contributed by atoms with Crippen molar-refractivity contribution < 1.29 is 9.53 Å². The maximum atomic E-state index is 12.7. The highest BCUT2D eigenvalue weighted by Gasteiger charge is 2.32. The van der Waals surface area contributed by atoms with Gasteiger partial charge in [0, 0.05) is 44.1 Å². The van der Waals surface area contributed by atoms with Gasteiger partial charge in [0.05, 0.1) is 24.4 Å². The van der Waals surface area contributed by atoms with Gasteiger partial charge in [0.1, 0.15) is 5.69 Å². The predicted octanol–water partition coefficient (Wildman–Crippen LogP) is 0.969. The van der Waals surface area contributed by atoms with Crippen LogP contribution in [0.5, 0.6) is 0 Å². The van der Waals surface area contributed by atoms with E-state index in [1.165, 1.54) is 6.07 Å². The average molecular weight is 355 g/mol. The van der Waals surface area contributed by atoms with Crippen LogP contribution in [0.25, 0.3) is 11.5 Å². The van der Waals surface area contributed by atoms with Gasteiger partial charge in [-0.2, -0.15) is 0 Å². The lowest BCUT2D eigenvalue weighted by Crippen LogP contribution is -2.42. The number of rotatable bonds is 3. The molecule has 136 valence electrons. The minimum Gasteiger partial charge on any atom is -0.381 e. The highest BCUT2D eigenvalue weighted by molar-refractivity contribution is 5.79. The van der Waals surface area contributed by atoms with E-state index in [1.807, 2.05) is 4.90 Å². The fourth-order valence-electron chi connectivity index (χ4n) is 3.63. The van der Waals surface area contributed by atoms with Crippen molar-refractivity contribution in [3.05, 3.63) is 40.7 Å². The van der Waals surface area contributed by atoms with Gasteiger partial charge in [0.15, 0.2) is 5.82 Å². The van der Waals surface area contributed by atoms with Gasteiger partial charge in [0.2, 0.25) is 5.91 Å². The van der Waals surface area contributed by atoms with Crippen molar-refractivity contribution in [2.45, 2.75) is 25.2 Å². The molecule has 2 aromatic rings. The summed E-state index contributed by atoms with van der Waals surface area (Å²) in [4.78, 5) is 42.2. The van der Waals surface area contributed by atoms with Gasteiger partial charge in [-0.25, -0.2) is 9.97 Å². The van der Waals surface area contributed by atoms with Gasteiger partial charge in [-0.1, -0.05) is 0 Å². The van der Waals surface area contributed by atoms with Crippen LogP contribution in [0.2, 0.25) is 0 Å². The van der Waals surface area contributed by atoms with Gasteiger partial charge in [-0.15, -0.1) is 0 Å². The molecule has 2 saturated heterocycles. The number of nitrogens with one attached hydrogen (secondary N) is 1. The number of likely N-dealkylation sites (tertiary alicyclic amines) is 1. The second-order valence-corrected chi connectivity index (χ2v) is 6.79. The summed E-state index contributed by atoms with van der Waals surface area (Å²) in [5, 5.41) is 0. The van der Waals surface area contributed by atoms with E-state index in [1.54, 1.807) is 18.6 Å². The topological polar surface area (TPSA) is 101 Å². The number of carbonyl (C=O) groups is 1. The number of aromatic amines is 1. The Hall–Kier alpha value is -2.61. The minimum atomic E-state index is -0.219. The molecule has 8 heteroatoms. The van der Waals surface area contributed by atoms with Gasteiger partial charge < -0.3 is 14.6 Å². The number of hydrogen-bond acceptors (Lipinski definition) is 6. The first-order chi connectivity index (χ1) is 12.7. The quantitative estimate of drug-likeness (QED) is 0.880. The van der Waals surface area contributed by atoms with E-state index in [4.69, 9.17) is 4.74 Å². The lowest BCUT2D eigenvalue weighted by atomic mass is 9.93. The van der Waals surface area contributed by atoms with Gasteiger partial charge in [-0.05, 0) is 19.3 Å². The highest BCUT2D eigenvalue weighted by atomic mass is 16.5. The zero-order valence-electron chi connectivity index (χ0n) is 14.4. The number of piperidine rings is 1. The molecular formula is C18H21N5O3. The van der Waals surface area contributed by atoms with Gasteiger partial charge >= 0.3 is 0 Å². The fourth-order valence-corrected chi connectivity index (χ4v) is 3.63. The zero-order valence-corrected chi connectivity index (χ0v) is 14.4. The number of H-pyrrole nitrogens is 1. The van der Waals surface area contributed by atoms with E-state index in [-0.39, 0.29) is 23.3 Å². The number of nitrogens with zero attached hydrogens (tertiary/aromatic N) is 4. The summed E-state index contributed by atoms with van der Waals surface area (Å²) in [6, 6.07) is 1.52. The Labute approximate surface area is 150 Å². The highest BCUT2D eigenvalue weighted by Crippen LogP contribution is 2.28. The van der Waals surface area contributed by atoms with Crippen LogP contribution in [0.3, 0.4) is 0 Å². The first kappa shape index (κ1) is 16.8. The molecule has 2 aliphatic rings. The van der Waals surface area contributed by atoms with E-state index in [0.717, 1.165) is 25.8 Å². The summed E-state index contributed by atoms with van der Waals surface area (Å²) in [6.45, 7) is 2.52. The van der Waals surface area contributed by atoms with Crippen molar-refractivity contribution in [3.63, 3.8) is 0 Å². The smallest absolute Gasteiger partial charge is 0.251 e. The third-order valence-electron chi connectivity index (χ3n) is 5.00. The van der Waals surface area contributed by atoms with Crippen LogP contribution < -0.4 is 5.56 Å².